The van der Waals surface area contributed by atoms with Crippen molar-refractivity contribution in [1.82, 2.24) is 10.2 Å². The van der Waals surface area contributed by atoms with Gasteiger partial charge >= 0.3 is 5.97 Å². The molecule has 4 N–H and O–H groups in total. The number of aliphatic carboxylic acids is 1. The number of carbonyl (C=O) groups is 1. The highest BCUT2D eigenvalue weighted by molar-refractivity contribution is 5.72. The fraction of sp³-hybridized carbons (Fsp3) is 0.824. The van der Waals surface area contributed by atoms with E-state index in [9.17, 15) is 20.1 Å². The summed E-state index contributed by atoms with van der Waals surface area (Å²) < 4.78 is 0. The van der Waals surface area contributed by atoms with Crippen LogP contribution in [0, 0.1) is 0 Å². The second-order valence-corrected chi connectivity index (χ2v) is 6.00. The topological polar surface area (TPSA) is 93.0 Å². The molecule has 0 aromatic heterocycles. The molecule has 0 aliphatic heterocycles. The molecule has 0 aromatic carbocycles. The minimum Gasteiger partial charge on any atom is -0.511 e. The molecule has 0 saturated heterocycles. The van der Waals surface area contributed by atoms with E-state index < -0.39 is 18.1 Å². The lowest BCUT2D eigenvalue weighted by Gasteiger charge is -2.28. The van der Waals surface area contributed by atoms with Gasteiger partial charge in [0, 0.05) is 32.3 Å². The van der Waals surface area contributed by atoms with Gasteiger partial charge in [-0.05, 0) is 19.8 Å². The molecule has 2 unspecified atom stereocenters. The summed E-state index contributed by atoms with van der Waals surface area (Å²) in [6.07, 6.45) is 6.31. The summed E-state index contributed by atoms with van der Waals surface area (Å²) in [5, 5.41) is 31.8. The van der Waals surface area contributed by atoms with Gasteiger partial charge in [-0.15, -0.1) is 0 Å². The van der Waals surface area contributed by atoms with Crippen LogP contribution in [0.1, 0.15) is 59.3 Å². The number of carboxylic acids is 1. The predicted molar refractivity (Wildman–Crippen MR) is 92.4 cm³/mol. The fourth-order valence-corrected chi connectivity index (χ4v) is 2.23. The van der Waals surface area contributed by atoms with Gasteiger partial charge in [-0.2, -0.15) is 0 Å². The van der Waals surface area contributed by atoms with Crippen LogP contribution in [0.3, 0.4) is 0 Å². The molecule has 0 radical (unpaired) electrons. The molecule has 0 aliphatic carbocycles. The average Bonchev–Trinajstić information content (AvgIpc) is 2.52. The van der Waals surface area contributed by atoms with E-state index in [1.54, 1.807) is 18.0 Å². The van der Waals surface area contributed by atoms with Gasteiger partial charge in [-0.3, -0.25) is 9.69 Å². The van der Waals surface area contributed by atoms with Gasteiger partial charge in [0.25, 0.3) is 0 Å². The number of hydrogen-bond acceptors (Lipinski definition) is 5. The van der Waals surface area contributed by atoms with E-state index in [0.29, 0.717) is 38.2 Å². The Bertz CT molecular complexity index is 347. The van der Waals surface area contributed by atoms with Crippen molar-refractivity contribution in [3.63, 3.8) is 0 Å². The highest BCUT2D eigenvalue weighted by atomic mass is 16.4. The van der Waals surface area contributed by atoms with Crippen molar-refractivity contribution in [1.29, 1.82) is 0 Å². The van der Waals surface area contributed by atoms with Crippen molar-refractivity contribution < 1.29 is 20.1 Å². The van der Waals surface area contributed by atoms with Crippen LogP contribution in [0.15, 0.2) is 12.0 Å². The van der Waals surface area contributed by atoms with Crippen molar-refractivity contribution in [2.45, 2.75) is 71.4 Å². The molecule has 0 amide bonds. The zero-order valence-corrected chi connectivity index (χ0v) is 14.8. The van der Waals surface area contributed by atoms with Crippen LogP contribution in [0.2, 0.25) is 0 Å². The molecule has 0 saturated carbocycles. The molecule has 0 fully saturated rings. The van der Waals surface area contributed by atoms with Crippen molar-refractivity contribution >= 4 is 5.97 Å². The zero-order chi connectivity index (χ0) is 17.7. The van der Waals surface area contributed by atoms with Gasteiger partial charge in [0.1, 0.15) is 11.8 Å². The monoisotopic (exact) mass is 330 g/mol. The van der Waals surface area contributed by atoms with E-state index >= 15 is 0 Å². The summed E-state index contributed by atoms with van der Waals surface area (Å²) in [6.45, 7) is 7.12. The zero-order valence-electron chi connectivity index (χ0n) is 14.8. The van der Waals surface area contributed by atoms with E-state index in [2.05, 4.69) is 19.2 Å². The first-order valence-electron chi connectivity index (χ1n) is 8.68. The molecule has 0 rings (SSSR count). The second-order valence-electron chi connectivity index (χ2n) is 6.00. The minimum atomic E-state index is -0.894. The molecule has 0 heterocycles. The molecule has 0 aromatic rings. The van der Waals surface area contributed by atoms with Gasteiger partial charge in [0.05, 0.1) is 6.10 Å². The van der Waals surface area contributed by atoms with Crippen molar-refractivity contribution in [3.8, 4) is 0 Å². The number of aliphatic hydroxyl groups is 2. The average molecular weight is 330 g/mol. The number of rotatable bonds is 14. The minimum absolute atomic E-state index is 0.313. The molecule has 0 spiro atoms. The Morgan fingerprint density at radius 2 is 1.87 bits per heavy atom. The third-order valence-electron chi connectivity index (χ3n) is 3.84. The van der Waals surface area contributed by atoms with Crippen molar-refractivity contribution in [3.05, 3.63) is 12.0 Å². The Morgan fingerprint density at radius 3 is 2.43 bits per heavy atom. The SMILES string of the molecule is CCCC/C(O)=C/NCCN(CC(O)CCCC)C(C)C(=O)O. The highest BCUT2D eigenvalue weighted by Gasteiger charge is 2.22. The molecule has 0 aliphatic rings. The molecular formula is C17H34N2O4. The van der Waals surface area contributed by atoms with Gasteiger partial charge in [-0.1, -0.05) is 33.1 Å². The maximum absolute atomic E-state index is 11.2. The van der Waals surface area contributed by atoms with Crippen LogP contribution in [0.25, 0.3) is 0 Å². The van der Waals surface area contributed by atoms with E-state index in [0.717, 1.165) is 25.7 Å². The summed E-state index contributed by atoms with van der Waals surface area (Å²) in [4.78, 5) is 13.0. The molecule has 23 heavy (non-hydrogen) atoms. The smallest absolute Gasteiger partial charge is 0.320 e. The van der Waals surface area contributed by atoms with Gasteiger partial charge < -0.3 is 20.6 Å². The quantitative estimate of drug-likeness (QED) is 0.289. The number of hydrogen-bond donors (Lipinski definition) is 4. The van der Waals surface area contributed by atoms with E-state index in [1.807, 2.05) is 0 Å². The summed E-state index contributed by atoms with van der Waals surface area (Å²) >= 11 is 0. The number of nitrogens with one attached hydrogen (secondary N) is 1. The van der Waals surface area contributed by atoms with E-state index in [-0.39, 0.29) is 0 Å². The van der Waals surface area contributed by atoms with Crippen LogP contribution in [-0.4, -0.2) is 58.0 Å². The highest BCUT2D eigenvalue weighted by Crippen LogP contribution is 2.07. The van der Waals surface area contributed by atoms with Gasteiger partial charge in [0.15, 0.2) is 0 Å². The first kappa shape index (κ1) is 21.7. The van der Waals surface area contributed by atoms with Crippen molar-refractivity contribution in [2.75, 3.05) is 19.6 Å². The van der Waals surface area contributed by atoms with Crippen LogP contribution in [0.5, 0.6) is 0 Å². The third kappa shape index (κ3) is 11.0. The fourth-order valence-electron chi connectivity index (χ4n) is 2.23. The van der Waals surface area contributed by atoms with Crippen LogP contribution >= 0.6 is 0 Å². The maximum Gasteiger partial charge on any atom is 0.320 e. The molecule has 2 atom stereocenters. The largest absolute Gasteiger partial charge is 0.511 e. The molecular weight excluding hydrogens is 296 g/mol. The lowest BCUT2D eigenvalue weighted by atomic mass is 10.1. The Kier molecular flexibility index (Phi) is 12.5. The standard InChI is InChI=1S/C17H34N2O4/c1-4-6-8-15(20)12-18-10-11-19(14(3)17(22)23)13-16(21)9-7-5-2/h12,14,16,18,20-21H,4-11,13H2,1-3H3,(H,22,23)/b15-12-. The van der Waals surface area contributed by atoms with Crippen molar-refractivity contribution in [2.24, 2.45) is 0 Å². The van der Waals surface area contributed by atoms with E-state index in [1.165, 1.54) is 0 Å². The lowest BCUT2D eigenvalue weighted by Crippen LogP contribution is -2.45. The number of nitrogens with zero attached hydrogens (tertiary/aromatic N) is 1. The molecule has 6 heteroatoms. The maximum atomic E-state index is 11.2. The summed E-state index contributed by atoms with van der Waals surface area (Å²) in [5.41, 5.74) is 0. The van der Waals surface area contributed by atoms with Crippen LogP contribution in [0.4, 0.5) is 0 Å². The lowest BCUT2D eigenvalue weighted by molar-refractivity contribution is -0.143. The number of allylic oxidation sites excluding steroid dienone is 1. The number of carboxylic acid groups (broad SMARTS) is 1. The normalized spacial score (nSPS) is 14.7. The third-order valence-corrected chi connectivity index (χ3v) is 3.84. The number of unbranched alkanes of at least 4 members (excludes halogenated alkanes) is 2. The predicted octanol–water partition coefficient (Wildman–Crippen LogP) is 2.49. The Balaban J connectivity index is 4.34. The summed E-state index contributed by atoms with van der Waals surface area (Å²) in [7, 11) is 0. The Hall–Kier alpha value is -1.27. The van der Waals surface area contributed by atoms with Crippen LogP contribution in [-0.2, 0) is 4.79 Å². The van der Waals surface area contributed by atoms with Gasteiger partial charge in [-0.25, -0.2) is 0 Å². The number of aliphatic hydroxyl groups excluding tert-OH is 2. The van der Waals surface area contributed by atoms with E-state index in [4.69, 9.17) is 0 Å². The first-order valence-corrected chi connectivity index (χ1v) is 8.68. The van der Waals surface area contributed by atoms with Crippen LogP contribution < -0.4 is 5.32 Å². The second kappa shape index (κ2) is 13.2. The molecule has 136 valence electrons. The summed E-state index contributed by atoms with van der Waals surface area (Å²) in [5.74, 6) is -0.582. The van der Waals surface area contributed by atoms with Gasteiger partial charge in [0.2, 0.25) is 0 Å². The Labute approximate surface area is 140 Å². The summed E-state index contributed by atoms with van der Waals surface area (Å²) in [6, 6.07) is -0.647. The molecule has 6 nitrogen and oxygen atoms in total. The molecule has 0 bridgehead atoms. The Morgan fingerprint density at radius 1 is 1.22 bits per heavy atom. The first-order chi connectivity index (χ1) is 10.9.